The number of nitrogens with zero attached hydrogens (tertiary/aromatic N) is 3. The molecule has 2 aromatic rings. The predicted octanol–water partition coefficient (Wildman–Crippen LogP) is 1.75. The lowest BCUT2D eigenvalue weighted by Crippen LogP contribution is -2.31. The summed E-state index contributed by atoms with van der Waals surface area (Å²) in [5.41, 5.74) is 1.39. The SMILES string of the molecule is COc1ccc(C(=O)NC[C@H]2CCN(c3ccccc3OC)C2)nn1. The van der Waals surface area contributed by atoms with Crippen molar-refractivity contribution in [3.05, 3.63) is 42.1 Å². The van der Waals surface area contributed by atoms with E-state index < -0.39 is 0 Å². The molecule has 1 aliphatic heterocycles. The number of anilines is 1. The maximum atomic E-state index is 12.2. The van der Waals surface area contributed by atoms with Gasteiger partial charge in [0.1, 0.15) is 5.75 Å². The summed E-state index contributed by atoms with van der Waals surface area (Å²) in [6.45, 7) is 2.44. The third-order valence-corrected chi connectivity index (χ3v) is 4.34. The number of nitrogens with one attached hydrogen (secondary N) is 1. The molecule has 1 saturated heterocycles. The summed E-state index contributed by atoms with van der Waals surface area (Å²) in [5.74, 6) is 1.44. The first-order chi connectivity index (χ1) is 12.2. The van der Waals surface area contributed by atoms with Crippen LogP contribution in [0.25, 0.3) is 0 Å². The van der Waals surface area contributed by atoms with E-state index in [4.69, 9.17) is 9.47 Å². The van der Waals surface area contributed by atoms with E-state index in [-0.39, 0.29) is 5.91 Å². The van der Waals surface area contributed by atoms with Crippen LogP contribution in [-0.4, -0.2) is 50.0 Å². The molecule has 0 saturated carbocycles. The van der Waals surface area contributed by atoms with Crippen molar-refractivity contribution in [3.8, 4) is 11.6 Å². The molecule has 0 radical (unpaired) electrons. The van der Waals surface area contributed by atoms with Crippen LogP contribution in [0, 0.1) is 5.92 Å². The first kappa shape index (κ1) is 17.0. The molecule has 1 amide bonds. The van der Waals surface area contributed by atoms with E-state index in [0.29, 0.717) is 24.0 Å². The van der Waals surface area contributed by atoms with Gasteiger partial charge in [0.2, 0.25) is 5.88 Å². The van der Waals surface area contributed by atoms with E-state index in [0.717, 1.165) is 30.9 Å². The summed E-state index contributed by atoms with van der Waals surface area (Å²) in [6.07, 6.45) is 1.02. The summed E-state index contributed by atoms with van der Waals surface area (Å²) >= 11 is 0. The minimum absolute atomic E-state index is 0.217. The molecular weight excluding hydrogens is 320 g/mol. The highest BCUT2D eigenvalue weighted by Crippen LogP contribution is 2.31. The quantitative estimate of drug-likeness (QED) is 0.862. The lowest BCUT2D eigenvalue weighted by Gasteiger charge is -2.21. The molecule has 1 aromatic heterocycles. The van der Waals surface area contributed by atoms with Crippen molar-refractivity contribution >= 4 is 11.6 Å². The monoisotopic (exact) mass is 342 g/mol. The second-order valence-corrected chi connectivity index (χ2v) is 5.94. The van der Waals surface area contributed by atoms with Gasteiger partial charge < -0.3 is 19.7 Å². The first-order valence-electron chi connectivity index (χ1n) is 8.25. The van der Waals surface area contributed by atoms with E-state index >= 15 is 0 Å². The van der Waals surface area contributed by atoms with Crippen LogP contribution in [0.5, 0.6) is 11.6 Å². The number of carbonyl (C=O) groups excluding carboxylic acids is 1. The Balaban J connectivity index is 1.53. The second-order valence-electron chi connectivity index (χ2n) is 5.94. The number of aromatic nitrogens is 2. The maximum absolute atomic E-state index is 12.2. The maximum Gasteiger partial charge on any atom is 0.271 e. The molecule has 1 fully saturated rings. The van der Waals surface area contributed by atoms with Gasteiger partial charge in [0.25, 0.3) is 5.91 Å². The molecule has 0 spiro atoms. The highest BCUT2D eigenvalue weighted by Gasteiger charge is 2.25. The fraction of sp³-hybridized carbons (Fsp3) is 0.389. The molecule has 1 atom stereocenters. The van der Waals surface area contributed by atoms with Crippen LogP contribution in [0.3, 0.4) is 0 Å². The zero-order chi connectivity index (χ0) is 17.6. The van der Waals surface area contributed by atoms with Crippen molar-refractivity contribution in [3.63, 3.8) is 0 Å². The molecule has 0 aliphatic carbocycles. The highest BCUT2D eigenvalue weighted by atomic mass is 16.5. The third kappa shape index (κ3) is 3.99. The number of rotatable bonds is 6. The van der Waals surface area contributed by atoms with Crippen molar-refractivity contribution in [2.75, 3.05) is 38.8 Å². The number of carbonyl (C=O) groups is 1. The minimum atomic E-state index is -0.217. The minimum Gasteiger partial charge on any atom is -0.495 e. The standard InChI is InChI=1S/C18H22N4O3/c1-24-16-6-4-3-5-15(16)22-10-9-13(12-22)11-19-18(23)14-7-8-17(25-2)21-20-14/h3-8,13H,9-12H2,1-2H3,(H,19,23)/t13-/m1/s1. The number of ether oxygens (including phenoxy) is 2. The van der Waals surface area contributed by atoms with Gasteiger partial charge >= 0.3 is 0 Å². The number of hydrogen-bond acceptors (Lipinski definition) is 6. The smallest absolute Gasteiger partial charge is 0.271 e. The second kappa shape index (κ2) is 7.83. The van der Waals surface area contributed by atoms with Crippen LogP contribution >= 0.6 is 0 Å². The molecule has 1 N–H and O–H groups in total. The normalized spacial score (nSPS) is 16.6. The van der Waals surface area contributed by atoms with Gasteiger partial charge in [-0.2, -0.15) is 0 Å². The van der Waals surface area contributed by atoms with Gasteiger partial charge in [-0.25, -0.2) is 0 Å². The van der Waals surface area contributed by atoms with Gasteiger partial charge in [-0.05, 0) is 30.5 Å². The molecule has 1 aliphatic rings. The number of methoxy groups -OCH3 is 2. The van der Waals surface area contributed by atoms with Crippen molar-refractivity contribution in [1.29, 1.82) is 0 Å². The van der Waals surface area contributed by atoms with Gasteiger partial charge in [0.05, 0.1) is 19.9 Å². The van der Waals surface area contributed by atoms with E-state index in [9.17, 15) is 4.79 Å². The summed E-state index contributed by atoms with van der Waals surface area (Å²) < 4.78 is 10.4. The zero-order valence-electron chi connectivity index (χ0n) is 14.4. The fourth-order valence-corrected chi connectivity index (χ4v) is 2.99. The zero-order valence-corrected chi connectivity index (χ0v) is 14.4. The highest BCUT2D eigenvalue weighted by molar-refractivity contribution is 5.92. The topological polar surface area (TPSA) is 76.6 Å². The average molecular weight is 342 g/mol. The van der Waals surface area contributed by atoms with Crippen LogP contribution in [0.1, 0.15) is 16.9 Å². The van der Waals surface area contributed by atoms with Crippen molar-refractivity contribution in [1.82, 2.24) is 15.5 Å². The Morgan fingerprint density at radius 2 is 2.04 bits per heavy atom. The number of amides is 1. The summed E-state index contributed by atoms with van der Waals surface area (Å²) in [7, 11) is 3.19. The molecule has 2 heterocycles. The molecule has 0 bridgehead atoms. The van der Waals surface area contributed by atoms with Gasteiger partial charge in [-0.3, -0.25) is 4.79 Å². The molecule has 7 nitrogen and oxygen atoms in total. The van der Waals surface area contributed by atoms with E-state index in [2.05, 4.69) is 26.5 Å². The Labute approximate surface area is 147 Å². The van der Waals surface area contributed by atoms with Crippen molar-refractivity contribution < 1.29 is 14.3 Å². The number of hydrogen-bond donors (Lipinski definition) is 1. The van der Waals surface area contributed by atoms with Crippen molar-refractivity contribution in [2.45, 2.75) is 6.42 Å². The van der Waals surface area contributed by atoms with Crippen LogP contribution in [0.2, 0.25) is 0 Å². The van der Waals surface area contributed by atoms with Gasteiger partial charge in [0.15, 0.2) is 5.69 Å². The molecule has 25 heavy (non-hydrogen) atoms. The lowest BCUT2D eigenvalue weighted by molar-refractivity contribution is 0.0942. The van der Waals surface area contributed by atoms with Gasteiger partial charge in [-0.15, -0.1) is 10.2 Å². The van der Waals surface area contributed by atoms with Crippen LogP contribution < -0.4 is 19.7 Å². The van der Waals surface area contributed by atoms with Crippen LogP contribution in [0.15, 0.2) is 36.4 Å². The molecule has 0 unspecified atom stereocenters. The molecular formula is C18H22N4O3. The third-order valence-electron chi connectivity index (χ3n) is 4.34. The van der Waals surface area contributed by atoms with Gasteiger partial charge in [-0.1, -0.05) is 12.1 Å². The fourth-order valence-electron chi connectivity index (χ4n) is 2.99. The Morgan fingerprint density at radius 1 is 1.20 bits per heavy atom. The van der Waals surface area contributed by atoms with E-state index in [1.165, 1.54) is 7.11 Å². The first-order valence-corrected chi connectivity index (χ1v) is 8.25. The molecule has 1 aromatic carbocycles. The van der Waals surface area contributed by atoms with E-state index in [1.807, 2.05) is 18.2 Å². The van der Waals surface area contributed by atoms with Crippen LogP contribution in [-0.2, 0) is 0 Å². The summed E-state index contributed by atoms with van der Waals surface area (Å²) in [5, 5.41) is 10.6. The Bertz CT molecular complexity index is 721. The number of para-hydroxylation sites is 2. The Morgan fingerprint density at radius 3 is 2.76 bits per heavy atom. The number of benzene rings is 1. The van der Waals surface area contributed by atoms with E-state index in [1.54, 1.807) is 19.2 Å². The Hall–Kier alpha value is -2.83. The van der Waals surface area contributed by atoms with Crippen LogP contribution in [0.4, 0.5) is 5.69 Å². The van der Waals surface area contributed by atoms with Gasteiger partial charge in [0, 0.05) is 25.7 Å². The predicted molar refractivity (Wildman–Crippen MR) is 94.2 cm³/mol. The Kier molecular flexibility index (Phi) is 5.33. The molecule has 3 rings (SSSR count). The molecule has 7 heteroatoms. The largest absolute Gasteiger partial charge is 0.495 e. The lowest BCUT2D eigenvalue weighted by atomic mass is 10.1. The average Bonchev–Trinajstić information content (AvgIpc) is 3.15. The molecule has 132 valence electrons. The summed E-state index contributed by atoms with van der Waals surface area (Å²) in [6, 6.07) is 11.2. The summed E-state index contributed by atoms with van der Waals surface area (Å²) in [4.78, 5) is 14.5. The van der Waals surface area contributed by atoms with Crippen molar-refractivity contribution in [2.24, 2.45) is 5.92 Å².